The summed E-state index contributed by atoms with van der Waals surface area (Å²) in [7, 11) is 0. The van der Waals surface area contributed by atoms with E-state index < -0.39 is 93.4 Å². The molecule has 5 aliphatic rings. The molecule has 4 aliphatic carbocycles. The molecule has 1 saturated heterocycles. The third-order valence-corrected chi connectivity index (χ3v) is 14.0. The molecule has 11 heteroatoms. The van der Waals surface area contributed by atoms with Crippen LogP contribution in [0.5, 0.6) is 0 Å². The van der Waals surface area contributed by atoms with Gasteiger partial charge in [0.25, 0.3) is 6.47 Å². The van der Waals surface area contributed by atoms with Gasteiger partial charge >= 0.3 is 11.9 Å². The van der Waals surface area contributed by atoms with Gasteiger partial charge in [-0.3, -0.25) is 9.59 Å². The fourth-order valence-corrected chi connectivity index (χ4v) is 11.1. The zero-order chi connectivity index (χ0) is 36.1. The van der Waals surface area contributed by atoms with Gasteiger partial charge in [0, 0.05) is 28.1 Å². The monoisotopic (exact) mass is 684 g/mol. The molecule has 2 N–H and O–H groups in total. The fraction of sp³-hybridized carbons (Fsp3) is 0.737. The van der Waals surface area contributed by atoms with Crippen LogP contribution in [0.4, 0.5) is 0 Å². The van der Waals surface area contributed by atoms with Crippen LogP contribution >= 0.6 is 0 Å². The fourth-order valence-electron chi connectivity index (χ4n) is 11.1. The molecule has 49 heavy (non-hydrogen) atoms. The summed E-state index contributed by atoms with van der Waals surface area (Å²) < 4.78 is 31.3. The van der Waals surface area contributed by atoms with Crippen molar-refractivity contribution < 1.29 is 52.8 Å². The molecule has 270 valence electrons. The summed E-state index contributed by atoms with van der Waals surface area (Å²) >= 11 is 0. The number of carbonyl (C=O) groups excluding carboxylic acids is 4. The third kappa shape index (κ3) is 4.63. The molecule has 1 aromatic heterocycles. The van der Waals surface area contributed by atoms with Gasteiger partial charge in [-0.05, 0) is 53.7 Å². The van der Waals surface area contributed by atoms with Crippen molar-refractivity contribution in [3.8, 4) is 0 Å². The van der Waals surface area contributed by atoms with E-state index in [9.17, 15) is 29.4 Å². The molecule has 11 nitrogen and oxygen atoms in total. The van der Waals surface area contributed by atoms with Gasteiger partial charge in [0.05, 0.1) is 18.6 Å². The number of carbonyl (C=O) groups is 4. The third-order valence-electron chi connectivity index (χ3n) is 14.0. The maximum atomic E-state index is 13.9. The Bertz CT molecular complexity index is 1510. The molecular formula is C38H52O11. The number of rotatable bonds is 10. The number of esters is 2. The Morgan fingerprint density at radius 3 is 2.29 bits per heavy atom. The van der Waals surface area contributed by atoms with Crippen LogP contribution in [0, 0.1) is 45.3 Å². The Morgan fingerprint density at radius 2 is 1.69 bits per heavy atom. The minimum absolute atomic E-state index is 0.0846. The SMILES string of the molecule is CC[C@H](C)[C@@H](O)C(=O)O[C@@H]1[C@H](OC=O)[C@@H]2[C@@]3(C)C=CC(=O)C(C)(C)[C@@H]3C[C@@H](OC(=O)[C@H](O)C(C)C)[C@@]2(C)[C@@]23O[C@@H]2C[C@H](c2ccoc2)[C@]13C. The van der Waals surface area contributed by atoms with Crippen LogP contribution in [0.3, 0.4) is 0 Å². The van der Waals surface area contributed by atoms with Crippen LogP contribution in [0.15, 0.2) is 35.2 Å². The highest BCUT2D eigenvalue weighted by Gasteiger charge is 2.91. The van der Waals surface area contributed by atoms with E-state index in [0.29, 0.717) is 19.3 Å². The number of furan rings is 1. The van der Waals surface area contributed by atoms with Gasteiger partial charge in [-0.1, -0.05) is 74.8 Å². The molecule has 1 aromatic rings. The second kappa shape index (κ2) is 11.8. The summed E-state index contributed by atoms with van der Waals surface area (Å²) in [6.45, 7) is 17.2. The largest absolute Gasteiger partial charge is 0.472 e. The molecule has 0 aromatic carbocycles. The predicted molar refractivity (Wildman–Crippen MR) is 175 cm³/mol. The van der Waals surface area contributed by atoms with Crippen LogP contribution < -0.4 is 0 Å². The van der Waals surface area contributed by atoms with Gasteiger partial charge < -0.3 is 33.6 Å². The molecule has 1 spiro atoms. The number of allylic oxidation sites excluding steroid dienone is 2. The number of aliphatic hydroxyl groups is 2. The topological polar surface area (TPSA) is 162 Å². The van der Waals surface area contributed by atoms with Crippen LogP contribution in [-0.4, -0.2) is 76.6 Å². The molecule has 0 unspecified atom stereocenters. The van der Waals surface area contributed by atoms with Gasteiger partial charge in [-0.15, -0.1) is 0 Å². The Hall–Kier alpha value is -3.02. The summed E-state index contributed by atoms with van der Waals surface area (Å²) in [6.07, 6.45) is 1.72. The summed E-state index contributed by atoms with van der Waals surface area (Å²) in [5, 5.41) is 22.0. The molecule has 0 radical (unpaired) electrons. The molecule has 1 aliphatic heterocycles. The number of ketones is 1. The molecule has 4 fully saturated rings. The highest BCUT2D eigenvalue weighted by Crippen LogP contribution is 2.83. The van der Waals surface area contributed by atoms with Crippen LogP contribution in [0.25, 0.3) is 0 Å². The lowest BCUT2D eigenvalue weighted by atomic mass is 9.35. The van der Waals surface area contributed by atoms with E-state index in [0.717, 1.165) is 5.56 Å². The minimum Gasteiger partial charge on any atom is -0.472 e. The summed E-state index contributed by atoms with van der Waals surface area (Å²) in [6, 6.07) is 1.86. The molecule has 0 amide bonds. The second-order valence-corrected chi connectivity index (χ2v) is 16.8. The normalized spacial score (nSPS) is 43.3. The second-order valence-electron chi connectivity index (χ2n) is 16.8. The van der Waals surface area contributed by atoms with E-state index in [-0.39, 0.29) is 24.2 Å². The number of epoxide rings is 1. The van der Waals surface area contributed by atoms with Crippen molar-refractivity contribution in [1.29, 1.82) is 0 Å². The van der Waals surface area contributed by atoms with Crippen LogP contribution in [0.1, 0.15) is 93.1 Å². The first-order chi connectivity index (χ1) is 22.9. The first-order valence-corrected chi connectivity index (χ1v) is 17.7. The van der Waals surface area contributed by atoms with E-state index >= 15 is 0 Å². The lowest BCUT2D eigenvalue weighted by molar-refractivity contribution is -0.297. The highest BCUT2D eigenvalue weighted by atomic mass is 16.6. The van der Waals surface area contributed by atoms with Gasteiger partial charge in [0.15, 0.2) is 18.0 Å². The lowest BCUT2D eigenvalue weighted by Gasteiger charge is -2.70. The van der Waals surface area contributed by atoms with Crippen molar-refractivity contribution in [2.45, 2.75) is 130 Å². The van der Waals surface area contributed by atoms with Gasteiger partial charge in [-0.25, -0.2) is 9.59 Å². The van der Waals surface area contributed by atoms with Crippen molar-refractivity contribution in [2.24, 2.45) is 45.3 Å². The van der Waals surface area contributed by atoms with E-state index in [1.54, 1.807) is 39.4 Å². The van der Waals surface area contributed by atoms with Gasteiger partial charge in [0.2, 0.25) is 0 Å². The number of hydrogen-bond donors (Lipinski definition) is 2. The summed E-state index contributed by atoms with van der Waals surface area (Å²) in [5.74, 6) is -3.92. The Labute approximate surface area is 288 Å². The number of hydrogen-bond acceptors (Lipinski definition) is 11. The number of aliphatic hydroxyl groups excluding tert-OH is 2. The number of ether oxygens (including phenoxy) is 4. The summed E-state index contributed by atoms with van der Waals surface area (Å²) in [5.41, 5.74) is -4.16. The first kappa shape index (κ1) is 35.8. The molecule has 6 rings (SSSR count). The highest BCUT2D eigenvalue weighted by molar-refractivity contribution is 5.95. The Morgan fingerprint density at radius 1 is 1.02 bits per heavy atom. The van der Waals surface area contributed by atoms with Crippen molar-refractivity contribution >= 4 is 24.2 Å². The molecule has 3 saturated carbocycles. The average Bonchev–Trinajstić information content (AvgIpc) is 3.41. The predicted octanol–water partition coefficient (Wildman–Crippen LogP) is 4.53. The zero-order valence-corrected chi connectivity index (χ0v) is 30.0. The van der Waals surface area contributed by atoms with Gasteiger partial charge in [0.1, 0.15) is 23.9 Å². The standard InChI is InChI=1S/C38H52O11/c1-10-20(4)28(42)33(44)48-31-29(46-18-39)30-35(7)13-11-24(40)34(5,6)23(35)16-25(47-32(43)27(41)19(2)3)37(30,9)38-26(49-38)15-22(36(31,38)8)21-12-14-45-17-21/h11-14,17-20,22-23,25-31,41-42H,10,15-16H2,1-9H3/t20-,22+,23-,25+,26+,27+,28+,29+,30+,31+,35-,36+,37+,38+/m0/s1. The smallest absolute Gasteiger partial charge is 0.335 e. The number of fused-ring (bicyclic) bond motifs is 3. The van der Waals surface area contributed by atoms with E-state index in [4.69, 9.17) is 23.4 Å². The molecule has 0 bridgehead atoms. The quantitative estimate of drug-likeness (QED) is 0.154. The Kier molecular flexibility index (Phi) is 8.60. The zero-order valence-electron chi connectivity index (χ0n) is 30.0. The first-order valence-electron chi connectivity index (χ1n) is 17.7. The molecular weight excluding hydrogens is 632 g/mol. The van der Waals surface area contributed by atoms with Gasteiger partial charge in [-0.2, -0.15) is 0 Å². The van der Waals surface area contributed by atoms with E-state index in [1.165, 1.54) is 0 Å². The van der Waals surface area contributed by atoms with E-state index in [1.807, 2.05) is 53.7 Å². The van der Waals surface area contributed by atoms with E-state index in [2.05, 4.69) is 0 Å². The van der Waals surface area contributed by atoms with Crippen molar-refractivity contribution in [3.05, 3.63) is 36.3 Å². The van der Waals surface area contributed by atoms with Crippen LogP contribution in [0.2, 0.25) is 0 Å². The van der Waals surface area contributed by atoms with Crippen molar-refractivity contribution in [1.82, 2.24) is 0 Å². The molecule has 2 heterocycles. The average molecular weight is 685 g/mol. The van der Waals surface area contributed by atoms with Crippen molar-refractivity contribution in [3.63, 3.8) is 0 Å². The minimum atomic E-state index is -1.42. The lowest BCUT2D eigenvalue weighted by Crippen LogP contribution is -2.78. The Balaban J connectivity index is 1.61. The maximum Gasteiger partial charge on any atom is 0.335 e. The van der Waals surface area contributed by atoms with Crippen molar-refractivity contribution in [2.75, 3.05) is 0 Å². The maximum absolute atomic E-state index is 13.9. The summed E-state index contributed by atoms with van der Waals surface area (Å²) in [4.78, 5) is 53.6. The molecule has 14 atom stereocenters. The van der Waals surface area contributed by atoms with Crippen LogP contribution in [-0.2, 0) is 38.1 Å².